The molecule has 2 amide bonds. The molecule has 0 spiro atoms. The fourth-order valence-electron chi connectivity index (χ4n) is 2.29. The molecule has 0 radical (unpaired) electrons. The number of nitrogens with zero attached hydrogens (tertiary/aromatic N) is 4. The van der Waals surface area contributed by atoms with E-state index in [1.165, 1.54) is 4.90 Å². The van der Waals surface area contributed by atoms with Crippen LogP contribution in [0, 0.1) is 13.8 Å². The number of carbonyl (C=O) groups excluding carboxylic acids is 1. The van der Waals surface area contributed by atoms with Gasteiger partial charge < -0.3 is 10.0 Å². The highest BCUT2D eigenvalue weighted by atomic mass is 16.4. The number of carboxylic acid groups (broad SMARTS) is 1. The van der Waals surface area contributed by atoms with Gasteiger partial charge in [0.05, 0.1) is 11.4 Å². The van der Waals surface area contributed by atoms with E-state index in [1.807, 2.05) is 0 Å². The Hall–Kier alpha value is -2.25. The third-order valence-electron chi connectivity index (χ3n) is 3.61. The van der Waals surface area contributed by atoms with Crippen molar-refractivity contribution in [1.29, 1.82) is 0 Å². The average molecular weight is 293 g/mol. The molecule has 1 aromatic rings. The minimum atomic E-state index is -0.980. The molecule has 1 aromatic heterocycles. The number of carbonyl (C=O) groups is 2. The van der Waals surface area contributed by atoms with E-state index in [0.29, 0.717) is 24.4 Å². The SMILES string of the molecule is Cc1nnc(NC(=O)N2CCCCCC2C(=O)O)nc1C. The lowest BCUT2D eigenvalue weighted by Gasteiger charge is -2.26. The monoisotopic (exact) mass is 293 g/mol. The number of hydrogen-bond acceptors (Lipinski definition) is 5. The predicted octanol–water partition coefficient (Wildman–Crippen LogP) is 1.35. The number of nitrogens with one attached hydrogen (secondary N) is 1. The first-order valence-electron chi connectivity index (χ1n) is 6.97. The van der Waals surface area contributed by atoms with Crippen LogP contribution in [0.1, 0.15) is 37.1 Å². The van der Waals surface area contributed by atoms with Crippen molar-refractivity contribution < 1.29 is 14.7 Å². The van der Waals surface area contributed by atoms with Crippen LogP contribution in [-0.4, -0.2) is 49.8 Å². The highest BCUT2D eigenvalue weighted by Gasteiger charge is 2.31. The maximum atomic E-state index is 12.3. The quantitative estimate of drug-likeness (QED) is 0.852. The van der Waals surface area contributed by atoms with Crippen molar-refractivity contribution >= 4 is 17.9 Å². The van der Waals surface area contributed by atoms with Crippen molar-refractivity contribution in [2.75, 3.05) is 11.9 Å². The van der Waals surface area contributed by atoms with E-state index in [2.05, 4.69) is 20.5 Å². The molecule has 1 aliphatic heterocycles. The van der Waals surface area contributed by atoms with Gasteiger partial charge in [0.15, 0.2) is 0 Å². The summed E-state index contributed by atoms with van der Waals surface area (Å²) >= 11 is 0. The molecule has 1 atom stereocenters. The Balaban J connectivity index is 2.12. The van der Waals surface area contributed by atoms with Gasteiger partial charge >= 0.3 is 12.0 Å². The van der Waals surface area contributed by atoms with Crippen LogP contribution in [0.25, 0.3) is 0 Å². The highest BCUT2D eigenvalue weighted by molar-refractivity contribution is 5.90. The summed E-state index contributed by atoms with van der Waals surface area (Å²) < 4.78 is 0. The summed E-state index contributed by atoms with van der Waals surface area (Å²) in [6.07, 6.45) is 3.00. The topological polar surface area (TPSA) is 108 Å². The van der Waals surface area contributed by atoms with E-state index in [4.69, 9.17) is 0 Å². The van der Waals surface area contributed by atoms with Crippen molar-refractivity contribution in [3.8, 4) is 0 Å². The van der Waals surface area contributed by atoms with Gasteiger partial charge in [0.1, 0.15) is 6.04 Å². The van der Waals surface area contributed by atoms with E-state index >= 15 is 0 Å². The van der Waals surface area contributed by atoms with E-state index in [-0.39, 0.29) is 5.95 Å². The first-order chi connectivity index (χ1) is 9.99. The number of urea groups is 1. The maximum Gasteiger partial charge on any atom is 0.326 e. The molecule has 0 aromatic carbocycles. The van der Waals surface area contributed by atoms with E-state index < -0.39 is 18.0 Å². The Morgan fingerprint density at radius 1 is 1.19 bits per heavy atom. The molecule has 21 heavy (non-hydrogen) atoms. The summed E-state index contributed by atoms with van der Waals surface area (Å²) in [5.41, 5.74) is 1.36. The van der Waals surface area contributed by atoms with Gasteiger partial charge in [-0.05, 0) is 26.7 Å². The van der Waals surface area contributed by atoms with Crippen LogP contribution in [0.4, 0.5) is 10.7 Å². The fraction of sp³-hybridized carbons (Fsp3) is 0.615. The average Bonchev–Trinajstić information content (AvgIpc) is 2.68. The summed E-state index contributed by atoms with van der Waals surface area (Å²) in [5, 5.41) is 19.5. The van der Waals surface area contributed by atoms with Crippen LogP contribution in [0.2, 0.25) is 0 Å². The Morgan fingerprint density at radius 3 is 2.62 bits per heavy atom. The molecule has 2 N–H and O–H groups in total. The molecule has 1 aliphatic rings. The molecule has 0 bridgehead atoms. The van der Waals surface area contributed by atoms with E-state index in [1.54, 1.807) is 13.8 Å². The highest BCUT2D eigenvalue weighted by Crippen LogP contribution is 2.18. The second-order valence-corrected chi connectivity index (χ2v) is 5.13. The summed E-state index contributed by atoms with van der Waals surface area (Å²) in [6, 6.07) is -1.29. The fourth-order valence-corrected chi connectivity index (χ4v) is 2.29. The minimum absolute atomic E-state index is 0.0940. The van der Waals surface area contributed by atoms with Gasteiger partial charge in [-0.15, -0.1) is 5.10 Å². The molecule has 8 heteroatoms. The van der Waals surface area contributed by atoms with Gasteiger partial charge in [-0.1, -0.05) is 12.8 Å². The Kier molecular flexibility index (Phi) is 4.66. The van der Waals surface area contributed by atoms with Crippen LogP contribution < -0.4 is 5.32 Å². The Bertz CT molecular complexity index is 549. The lowest BCUT2D eigenvalue weighted by Crippen LogP contribution is -2.46. The number of aromatic nitrogens is 3. The summed E-state index contributed by atoms with van der Waals surface area (Å²) in [7, 11) is 0. The number of anilines is 1. The van der Waals surface area contributed by atoms with Crippen LogP contribution in [0.3, 0.4) is 0 Å². The zero-order chi connectivity index (χ0) is 15.4. The number of rotatable bonds is 2. The molecule has 2 rings (SSSR count). The van der Waals surface area contributed by atoms with Crippen molar-refractivity contribution in [3.63, 3.8) is 0 Å². The van der Waals surface area contributed by atoms with Crippen molar-refractivity contribution in [2.24, 2.45) is 0 Å². The van der Waals surface area contributed by atoms with Crippen molar-refractivity contribution in [2.45, 2.75) is 45.6 Å². The zero-order valence-electron chi connectivity index (χ0n) is 12.2. The van der Waals surface area contributed by atoms with Gasteiger partial charge in [0, 0.05) is 6.54 Å². The van der Waals surface area contributed by atoms with Crippen LogP contribution >= 0.6 is 0 Å². The first-order valence-corrected chi connectivity index (χ1v) is 6.97. The number of aryl methyl sites for hydroxylation is 2. The van der Waals surface area contributed by atoms with Gasteiger partial charge in [-0.2, -0.15) is 5.10 Å². The van der Waals surface area contributed by atoms with Gasteiger partial charge in [-0.3, -0.25) is 5.32 Å². The largest absolute Gasteiger partial charge is 0.480 e. The molecule has 1 fully saturated rings. The predicted molar refractivity (Wildman–Crippen MR) is 74.9 cm³/mol. The van der Waals surface area contributed by atoms with Gasteiger partial charge in [0.2, 0.25) is 0 Å². The second kappa shape index (κ2) is 6.47. The van der Waals surface area contributed by atoms with Gasteiger partial charge in [-0.25, -0.2) is 14.6 Å². The van der Waals surface area contributed by atoms with Crippen LogP contribution in [-0.2, 0) is 4.79 Å². The molecule has 1 unspecified atom stereocenters. The molecule has 114 valence electrons. The molecular weight excluding hydrogens is 274 g/mol. The van der Waals surface area contributed by atoms with E-state index in [0.717, 1.165) is 19.3 Å². The van der Waals surface area contributed by atoms with Gasteiger partial charge in [0.25, 0.3) is 5.95 Å². The smallest absolute Gasteiger partial charge is 0.326 e. The maximum absolute atomic E-state index is 12.3. The summed E-state index contributed by atoms with van der Waals surface area (Å²) in [5.74, 6) is -0.886. The Labute approximate surface area is 122 Å². The van der Waals surface area contributed by atoms with E-state index in [9.17, 15) is 14.7 Å². The standard InChI is InChI=1S/C13H19N5O3/c1-8-9(2)16-17-12(14-8)15-13(21)18-7-5-3-4-6-10(18)11(19)20/h10H,3-7H2,1-2H3,(H,19,20)(H,14,15,17,21). The van der Waals surface area contributed by atoms with Crippen molar-refractivity contribution in [3.05, 3.63) is 11.4 Å². The second-order valence-electron chi connectivity index (χ2n) is 5.13. The number of aliphatic carboxylic acids is 1. The molecule has 2 heterocycles. The van der Waals surface area contributed by atoms with Crippen LogP contribution in [0.5, 0.6) is 0 Å². The first kappa shape index (κ1) is 15.1. The number of likely N-dealkylation sites (tertiary alicyclic amines) is 1. The minimum Gasteiger partial charge on any atom is -0.480 e. The zero-order valence-corrected chi connectivity index (χ0v) is 12.2. The lowest BCUT2D eigenvalue weighted by atomic mass is 10.1. The Morgan fingerprint density at radius 2 is 1.95 bits per heavy atom. The summed E-state index contributed by atoms with van der Waals surface area (Å²) in [4.78, 5) is 29.0. The molecule has 0 aliphatic carbocycles. The number of hydrogen-bond donors (Lipinski definition) is 2. The third-order valence-corrected chi connectivity index (χ3v) is 3.61. The molecule has 8 nitrogen and oxygen atoms in total. The molecule has 1 saturated heterocycles. The number of carboxylic acids is 1. The summed E-state index contributed by atoms with van der Waals surface area (Å²) in [6.45, 7) is 3.96. The van der Waals surface area contributed by atoms with Crippen LogP contribution in [0.15, 0.2) is 0 Å². The molecule has 0 saturated carbocycles. The lowest BCUT2D eigenvalue weighted by molar-refractivity contribution is -0.142. The number of amides is 2. The normalized spacial score (nSPS) is 19.0. The molecular formula is C13H19N5O3. The third kappa shape index (κ3) is 3.65. The van der Waals surface area contributed by atoms with Crippen molar-refractivity contribution in [1.82, 2.24) is 20.1 Å².